The summed E-state index contributed by atoms with van der Waals surface area (Å²) in [7, 11) is 1.12. The molecule has 1 saturated carbocycles. The van der Waals surface area contributed by atoms with Gasteiger partial charge in [0.1, 0.15) is 16.7 Å². The lowest BCUT2D eigenvalue weighted by Gasteiger charge is -2.52. The van der Waals surface area contributed by atoms with Gasteiger partial charge >= 0.3 is 0 Å². The highest BCUT2D eigenvalue weighted by Gasteiger charge is 2.46. The molecular formula is C43H61ClN4O5S. The van der Waals surface area contributed by atoms with Crippen molar-refractivity contribution in [2.24, 2.45) is 17.8 Å². The number of carbonyl (C=O) groups excluding carboxylic acids is 1. The minimum absolute atomic E-state index is 0.119. The van der Waals surface area contributed by atoms with Crippen LogP contribution < -0.4 is 14.4 Å². The van der Waals surface area contributed by atoms with Crippen LogP contribution >= 0.6 is 11.6 Å². The number of ether oxygens (including phenoxy) is 2. The topological polar surface area (TPSA) is 94.6 Å². The number of carbonyl (C=O) groups is 1. The van der Waals surface area contributed by atoms with Crippen molar-refractivity contribution in [1.29, 1.82) is 0 Å². The molecule has 0 aromatic heterocycles. The molecule has 2 N–H and O–H groups in total. The van der Waals surface area contributed by atoms with Crippen LogP contribution in [0.2, 0.25) is 5.02 Å². The first-order valence-corrected chi connectivity index (χ1v) is 22.0. The van der Waals surface area contributed by atoms with Crippen LogP contribution in [0.15, 0.2) is 48.6 Å². The van der Waals surface area contributed by atoms with Gasteiger partial charge in [-0.25, -0.2) is 4.21 Å². The second-order valence-electron chi connectivity index (χ2n) is 16.6. The zero-order chi connectivity index (χ0) is 37.8. The molecule has 1 spiro atoms. The summed E-state index contributed by atoms with van der Waals surface area (Å²) >= 11 is 6.53. The lowest BCUT2D eigenvalue weighted by atomic mass is 9.67. The molecule has 3 fully saturated rings. The SMILES string of the molecule is CO.COCCC1C(C)C/C=C/C(N2CCN3CCCCC3C2)C2CCC2CN2CC3(CCCc4cc(Cl)ccc43)COc3ccc(cc32)C(=O)NS1=O. The Bertz CT molecular complexity index is 1680. The molecule has 54 heavy (non-hydrogen) atoms. The standard InChI is InChI=1S/C42H57ClN4O4S.CH4O/c1-29-7-5-10-37(46-21-20-45-19-4-3-9-34(45)26-46)35-14-11-32(35)25-47-27-42(18-6-8-30-23-33(43)13-15-36(30)42)28-51-39-16-12-31(24-38(39)47)41(48)44-52(49)40(29)17-22-50-2;1-2/h5,10,12-13,15-16,23-24,29,32,34-35,37,40H,3-4,6-9,11,14,17-22,25-28H2,1-2H3,(H,44,48);2H,1H3/b10-5+;. The number of benzene rings is 2. The average molecular weight is 782 g/mol. The van der Waals surface area contributed by atoms with Gasteiger partial charge in [0.15, 0.2) is 0 Å². The first kappa shape index (κ1) is 39.8. The first-order chi connectivity index (χ1) is 26.3. The molecule has 2 aliphatic carbocycles. The molecule has 8 unspecified atom stereocenters. The van der Waals surface area contributed by atoms with E-state index in [9.17, 15) is 9.00 Å². The number of anilines is 1. The molecular weight excluding hydrogens is 720 g/mol. The van der Waals surface area contributed by atoms with Gasteiger partial charge in [-0.05, 0) is 124 Å². The molecule has 4 aliphatic heterocycles. The monoisotopic (exact) mass is 780 g/mol. The van der Waals surface area contributed by atoms with E-state index in [4.69, 9.17) is 26.2 Å². The number of rotatable bonds is 4. The number of aliphatic hydroxyl groups is 1. The van der Waals surface area contributed by atoms with E-state index in [0.717, 1.165) is 82.0 Å². The van der Waals surface area contributed by atoms with Crippen molar-refractivity contribution < 1.29 is 23.6 Å². The normalized spacial score (nSPS) is 33.7. The Morgan fingerprint density at radius 3 is 2.70 bits per heavy atom. The number of hydrogen-bond donors (Lipinski definition) is 2. The van der Waals surface area contributed by atoms with Crippen LogP contribution in [0.1, 0.15) is 86.2 Å². The van der Waals surface area contributed by atoms with Crippen molar-refractivity contribution in [3.8, 4) is 5.75 Å². The molecule has 2 aromatic carbocycles. The van der Waals surface area contributed by atoms with Crippen LogP contribution in [0.4, 0.5) is 5.69 Å². The summed E-state index contributed by atoms with van der Waals surface area (Å²) in [5.74, 6) is 1.72. The Morgan fingerprint density at radius 1 is 1.04 bits per heavy atom. The molecule has 9 nitrogen and oxygen atoms in total. The molecule has 6 aliphatic rings. The maximum absolute atomic E-state index is 13.9. The van der Waals surface area contributed by atoms with Gasteiger partial charge < -0.3 is 19.5 Å². The molecule has 2 bridgehead atoms. The fourth-order valence-electron chi connectivity index (χ4n) is 10.4. The number of hydrogen-bond acceptors (Lipinski definition) is 8. The van der Waals surface area contributed by atoms with Gasteiger partial charge in [-0.15, -0.1) is 0 Å². The molecule has 8 rings (SSSR count). The fraction of sp³-hybridized carbons (Fsp3) is 0.651. The summed E-state index contributed by atoms with van der Waals surface area (Å²) in [5.41, 5.74) is 4.00. The van der Waals surface area contributed by atoms with E-state index in [1.54, 1.807) is 7.11 Å². The number of allylic oxidation sites excluding steroid dienone is 1. The lowest BCUT2D eigenvalue weighted by Crippen LogP contribution is -2.60. The van der Waals surface area contributed by atoms with E-state index in [0.29, 0.717) is 49.1 Å². The summed E-state index contributed by atoms with van der Waals surface area (Å²) in [6.07, 6.45) is 15.9. The molecule has 4 heterocycles. The molecule has 2 aromatic rings. The Morgan fingerprint density at radius 2 is 1.89 bits per heavy atom. The number of amides is 1. The lowest BCUT2D eigenvalue weighted by molar-refractivity contribution is -0.00159. The highest BCUT2D eigenvalue weighted by molar-refractivity contribution is 7.84. The van der Waals surface area contributed by atoms with Gasteiger partial charge in [-0.3, -0.25) is 19.3 Å². The van der Waals surface area contributed by atoms with Crippen LogP contribution in [-0.2, 0) is 27.6 Å². The predicted octanol–water partition coefficient (Wildman–Crippen LogP) is 6.38. The molecule has 0 radical (unpaired) electrons. The number of aliphatic hydroxyl groups excluding tert-OH is 1. The fourth-order valence-corrected chi connectivity index (χ4v) is 11.9. The average Bonchev–Trinajstić information content (AvgIpc) is 3.33. The van der Waals surface area contributed by atoms with E-state index >= 15 is 0 Å². The minimum atomic E-state index is -1.57. The van der Waals surface area contributed by atoms with Gasteiger partial charge in [-0.2, -0.15) is 0 Å². The number of aryl methyl sites for hydroxylation is 1. The van der Waals surface area contributed by atoms with Crippen molar-refractivity contribution in [1.82, 2.24) is 14.5 Å². The van der Waals surface area contributed by atoms with Gasteiger partial charge in [0.05, 0.1) is 17.5 Å². The zero-order valence-corrected chi connectivity index (χ0v) is 34.1. The van der Waals surface area contributed by atoms with Crippen LogP contribution in [0.25, 0.3) is 0 Å². The van der Waals surface area contributed by atoms with Crippen LogP contribution in [0.5, 0.6) is 5.75 Å². The molecule has 8 atom stereocenters. The summed E-state index contributed by atoms with van der Waals surface area (Å²) < 4.78 is 29.0. The molecule has 11 heteroatoms. The van der Waals surface area contributed by atoms with Crippen LogP contribution in [0.3, 0.4) is 0 Å². The third kappa shape index (κ3) is 8.30. The van der Waals surface area contributed by atoms with Crippen molar-refractivity contribution >= 4 is 34.2 Å². The number of nitrogens with one attached hydrogen (secondary N) is 1. The third-order valence-electron chi connectivity index (χ3n) is 13.5. The van der Waals surface area contributed by atoms with Crippen molar-refractivity contribution in [3.63, 3.8) is 0 Å². The van der Waals surface area contributed by atoms with E-state index in [-0.39, 0.29) is 22.5 Å². The third-order valence-corrected chi connectivity index (χ3v) is 15.4. The van der Waals surface area contributed by atoms with Crippen LogP contribution in [0, 0.1) is 17.8 Å². The Kier molecular flexibility index (Phi) is 13.1. The van der Waals surface area contributed by atoms with Gasteiger partial charge in [0.2, 0.25) is 0 Å². The maximum atomic E-state index is 13.9. The van der Waals surface area contributed by atoms with E-state index in [1.807, 2.05) is 24.3 Å². The Balaban J connectivity index is 0.00000221. The second-order valence-corrected chi connectivity index (χ2v) is 18.5. The number of piperazine rings is 1. The predicted molar refractivity (Wildman–Crippen MR) is 218 cm³/mol. The van der Waals surface area contributed by atoms with Gasteiger partial charge in [-0.1, -0.05) is 43.2 Å². The van der Waals surface area contributed by atoms with E-state index in [2.05, 4.69) is 50.6 Å². The highest BCUT2D eigenvalue weighted by atomic mass is 35.5. The first-order valence-electron chi connectivity index (χ1n) is 20.4. The summed E-state index contributed by atoms with van der Waals surface area (Å²) in [4.78, 5) is 21.9. The van der Waals surface area contributed by atoms with Gasteiger partial charge in [0, 0.05) is 81.6 Å². The Hall–Kier alpha value is -2.47. The molecule has 2 saturated heterocycles. The summed E-state index contributed by atoms with van der Waals surface area (Å²) in [6.45, 7) is 9.67. The van der Waals surface area contributed by atoms with Crippen molar-refractivity contribution in [2.45, 2.75) is 93.9 Å². The second kappa shape index (κ2) is 17.8. The van der Waals surface area contributed by atoms with Crippen molar-refractivity contribution in [2.75, 3.05) is 71.6 Å². The smallest absolute Gasteiger partial charge is 0.263 e. The number of piperidine rings is 1. The number of halogens is 1. The van der Waals surface area contributed by atoms with E-state index < -0.39 is 11.0 Å². The van der Waals surface area contributed by atoms with E-state index in [1.165, 1.54) is 49.8 Å². The Labute approximate surface area is 330 Å². The molecule has 1 amide bonds. The molecule has 296 valence electrons. The van der Waals surface area contributed by atoms with Crippen molar-refractivity contribution in [3.05, 3.63) is 70.3 Å². The highest BCUT2D eigenvalue weighted by Crippen LogP contribution is 2.47. The van der Waals surface area contributed by atoms with Gasteiger partial charge in [0.25, 0.3) is 5.91 Å². The van der Waals surface area contributed by atoms with Crippen LogP contribution in [-0.4, -0.2) is 109 Å². The number of fused-ring (bicyclic) bond motifs is 5. The summed E-state index contributed by atoms with van der Waals surface area (Å²) in [5, 5.41) is 7.57. The zero-order valence-electron chi connectivity index (χ0n) is 32.5. The minimum Gasteiger partial charge on any atom is -0.490 e. The summed E-state index contributed by atoms with van der Waals surface area (Å²) in [6, 6.07) is 13.3. The largest absolute Gasteiger partial charge is 0.490 e. The number of methoxy groups -OCH3 is 1. The maximum Gasteiger partial charge on any atom is 0.263 e. The number of nitrogens with zero attached hydrogens (tertiary/aromatic N) is 3. The quantitative estimate of drug-likeness (QED) is 0.346.